The van der Waals surface area contributed by atoms with E-state index >= 15 is 0 Å². The first-order chi connectivity index (χ1) is 12.2. The molecule has 1 fully saturated rings. The molecule has 1 atom stereocenters. The van der Waals surface area contributed by atoms with Crippen molar-refractivity contribution in [2.75, 3.05) is 18.9 Å². The molecule has 2 N–H and O–H groups in total. The number of rotatable bonds is 8. The van der Waals surface area contributed by atoms with Crippen molar-refractivity contribution in [1.82, 2.24) is 20.1 Å². The molecule has 1 aliphatic rings. The molecule has 1 aromatic carbocycles. The molecule has 0 aliphatic carbocycles. The lowest BCUT2D eigenvalue weighted by Crippen LogP contribution is -2.28. The Morgan fingerprint density at radius 1 is 1.40 bits per heavy atom. The fraction of sp³-hybridized carbons (Fsp3) is 0.471. The smallest absolute Gasteiger partial charge is 0.344 e. The number of hydrogen-bond donors (Lipinski definition) is 2. The molecule has 8 heteroatoms. The number of carbonyl (C=O) groups is 1. The van der Waals surface area contributed by atoms with E-state index in [9.17, 15) is 9.59 Å². The first-order valence-electron chi connectivity index (χ1n) is 8.42. The molecule has 0 unspecified atom stereocenters. The number of aromatic amines is 1. The maximum atomic E-state index is 12.0. The van der Waals surface area contributed by atoms with Gasteiger partial charge in [-0.15, -0.1) is 5.10 Å². The Kier molecular flexibility index (Phi) is 6.30. The van der Waals surface area contributed by atoms with Crippen LogP contribution in [-0.4, -0.2) is 45.7 Å². The van der Waals surface area contributed by atoms with Crippen LogP contribution in [0.5, 0.6) is 0 Å². The highest BCUT2D eigenvalue weighted by Crippen LogP contribution is 2.17. The lowest BCUT2D eigenvalue weighted by molar-refractivity contribution is -0.118. The van der Waals surface area contributed by atoms with Crippen LogP contribution in [0.3, 0.4) is 0 Å². The molecular weight excluding hydrogens is 340 g/mol. The Morgan fingerprint density at radius 3 is 3.00 bits per heavy atom. The number of aromatic nitrogens is 3. The molecule has 0 bridgehead atoms. The largest absolute Gasteiger partial charge is 0.376 e. The van der Waals surface area contributed by atoms with Crippen LogP contribution in [-0.2, 0) is 22.5 Å². The third-order valence-corrected chi connectivity index (χ3v) is 5.02. The minimum absolute atomic E-state index is 0.0503. The highest BCUT2D eigenvalue weighted by Gasteiger charge is 2.20. The maximum absolute atomic E-state index is 12.0. The molecule has 2 heterocycles. The van der Waals surface area contributed by atoms with Crippen molar-refractivity contribution in [1.29, 1.82) is 0 Å². The first kappa shape index (κ1) is 17.8. The number of benzene rings is 1. The predicted molar refractivity (Wildman–Crippen MR) is 95.7 cm³/mol. The van der Waals surface area contributed by atoms with E-state index in [1.807, 2.05) is 30.3 Å². The molecule has 7 nitrogen and oxygen atoms in total. The summed E-state index contributed by atoms with van der Waals surface area (Å²) < 4.78 is 7.12. The molecule has 25 heavy (non-hydrogen) atoms. The lowest BCUT2D eigenvalue weighted by Gasteiger charge is -2.11. The number of nitrogens with one attached hydrogen (secondary N) is 2. The third kappa shape index (κ3) is 5.20. The normalized spacial score (nSPS) is 16.9. The molecule has 2 aromatic rings. The van der Waals surface area contributed by atoms with Gasteiger partial charge in [0.2, 0.25) is 5.91 Å². The molecule has 1 aliphatic heterocycles. The van der Waals surface area contributed by atoms with Crippen LogP contribution in [0.2, 0.25) is 0 Å². The molecule has 1 aromatic heterocycles. The zero-order valence-electron chi connectivity index (χ0n) is 13.9. The van der Waals surface area contributed by atoms with Crippen LogP contribution in [0.25, 0.3) is 0 Å². The van der Waals surface area contributed by atoms with Crippen LogP contribution in [0.4, 0.5) is 0 Å². The van der Waals surface area contributed by atoms with Gasteiger partial charge in [-0.2, -0.15) is 0 Å². The van der Waals surface area contributed by atoms with Gasteiger partial charge in [0.05, 0.1) is 18.4 Å². The number of nitrogens with zero attached hydrogens (tertiary/aromatic N) is 2. The summed E-state index contributed by atoms with van der Waals surface area (Å²) in [7, 11) is 0. The second-order valence-electron chi connectivity index (χ2n) is 5.93. The van der Waals surface area contributed by atoms with E-state index in [-0.39, 0.29) is 23.5 Å². The van der Waals surface area contributed by atoms with Crippen molar-refractivity contribution < 1.29 is 9.53 Å². The molecular formula is C17H22N4O3S. The average molecular weight is 362 g/mol. The Morgan fingerprint density at radius 2 is 2.24 bits per heavy atom. The third-order valence-electron chi connectivity index (χ3n) is 4.04. The van der Waals surface area contributed by atoms with E-state index in [0.29, 0.717) is 18.2 Å². The molecule has 0 radical (unpaired) electrons. The van der Waals surface area contributed by atoms with Gasteiger partial charge in [-0.25, -0.2) is 9.89 Å². The standard InChI is InChI=1S/C17H22N4O3S/c22-15(18-9-8-13-5-2-1-3-6-13)12-25-17-20-19-16(23)21(17)11-14-7-4-10-24-14/h1-3,5-6,14H,4,7-12H2,(H,18,22)(H,19,23)/t14-/m0/s1. The van der Waals surface area contributed by atoms with E-state index in [0.717, 1.165) is 25.9 Å². The summed E-state index contributed by atoms with van der Waals surface area (Å²) in [6.07, 6.45) is 2.81. The van der Waals surface area contributed by atoms with E-state index in [4.69, 9.17) is 4.74 Å². The Balaban J connectivity index is 1.44. The van der Waals surface area contributed by atoms with Gasteiger partial charge < -0.3 is 10.1 Å². The molecule has 134 valence electrons. The summed E-state index contributed by atoms with van der Waals surface area (Å²) in [6, 6.07) is 10.0. The van der Waals surface area contributed by atoms with Gasteiger partial charge in [-0.05, 0) is 24.8 Å². The SMILES string of the molecule is O=C(CSc1n[nH]c(=O)n1C[C@@H]1CCCO1)NCCc1ccccc1. The molecule has 0 spiro atoms. The highest BCUT2D eigenvalue weighted by molar-refractivity contribution is 7.99. The quantitative estimate of drug-likeness (QED) is 0.689. The average Bonchev–Trinajstić information content (AvgIpc) is 3.25. The van der Waals surface area contributed by atoms with Crippen LogP contribution in [0, 0.1) is 0 Å². The Hall–Kier alpha value is -2.06. The van der Waals surface area contributed by atoms with Crippen molar-refractivity contribution in [3.05, 3.63) is 46.4 Å². The Bertz CT molecular complexity index is 738. The van der Waals surface area contributed by atoms with Crippen molar-refractivity contribution in [3.8, 4) is 0 Å². The number of ether oxygens (including phenoxy) is 1. The van der Waals surface area contributed by atoms with Crippen LogP contribution >= 0.6 is 11.8 Å². The summed E-state index contributed by atoms with van der Waals surface area (Å²) in [5, 5.41) is 9.88. The summed E-state index contributed by atoms with van der Waals surface area (Å²) in [6.45, 7) is 1.81. The first-order valence-corrected chi connectivity index (χ1v) is 9.41. The van der Waals surface area contributed by atoms with Crippen molar-refractivity contribution in [3.63, 3.8) is 0 Å². The van der Waals surface area contributed by atoms with Crippen molar-refractivity contribution in [2.45, 2.75) is 37.1 Å². The predicted octanol–water partition coefficient (Wildman–Crippen LogP) is 1.20. The Labute approximate surface area is 150 Å². The molecule has 1 saturated heterocycles. The number of thioether (sulfide) groups is 1. The van der Waals surface area contributed by atoms with Crippen molar-refractivity contribution >= 4 is 17.7 Å². The van der Waals surface area contributed by atoms with Crippen LogP contribution < -0.4 is 11.0 Å². The molecule has 3 rings (SSSR count). The fourth-order valence-corrected chi connectivity index (χ4v) is 3.52. The molecule has 1 amide bonds. The minimum atomic E-state index is -0.262. The van der Waals surface area contributed by atoms with Gasteiger partial charge in [0, 0.05) is 13.2 Å². The summed E-state index contributed by atoms with van der Waals surface area (Å²) in [5.74, 6) is 0.157. The van der Waals surface area contributed by atoms with Crippen LogP contribution in [0.1, 0.15) is 18.4 Å². The maximum Gasteiger partial charge on any atom is 0.344 e. The second-order valence-corrected chi connectivity index (χ2v) is 6.87. The second kappa shape index (κ2) is 8.87. The molecule has 0 saturated carbocycles. The van der Waals surface area contributed by atoms with Gasteiger partial charge in [0.15, 0.2) is 5.16 Å². The number of hydrogen-bond acceptors (Lipinski definition) is 5. The zero-order valence-corrected chi connectivity index (χ0v) is 14.8. The topological polar surface area (TPSA) is 89.0 Å². The summed E-state index contributed by atoms with van der Waals surface area (Å²) in [4.78, 5) is 23.9. The van der Waals surface area contributed by atoms with E-state index in [1.54, 1.807) is 4.57 Å². The van der Waals surface area contributed by atoms with Gasteiger partial charge in [0.25, 0.3) is 0 Å². The van der Waals surface area contributed by atoms with Gasteiger partial charge in [-0.3, -0.25) is 9.36 Å². The number of amides is 1. The van der Waals surface area contributed by atoms with E-state index in [1.165, 1.54) is 17.3 Å². The number of carbonyl (C=O) groups excluding carboxylic acids is 1. The monoisotopic (exact) mass is 362 g/mol. The highest BCUT2D eigenvalue weighted by atomic mass is 32.2. The van der Waals surface area contributed by atoms with E-state index in [2.05, 4.69) is 15.5 Å². The van der Waals surface area contributed by atoms with Crippen molar-refractivity contribution in [2.24, 2.45) is 0 Å². The fourth-order valence-electron chi connectivity index (χ4n) is 2.74. The van der Waals surface area contributed by atoms with Gasteiger partial charge in [0.1, 0.15) is 0 Å². The summed E-state index contributed by atoms with van der Waals surface area (Å²) in [5.41, 5.74) is 0.927. The lowest BCUT2D eigenvalue weighted by atomic mass is 10.1. The van der Waals surface area contributed by atoms with E-state index < -0.39 is 0 Å². The van der Waals surface area contributed by atoms with Crippen LogP contribution in [0.15, 0.2) is 40.3 Å². The van der Waals surface area contributed by atoms with Gasteiger partial charge >= 0.3 is 5.69 Å². The number of H-pyrrole nitrogens is 1. The minimum Gasteiger partial charge on any atom is -0.376 e. The van der Waals surface area contributed by atoms with Gasteiger partial charge in [-0.1, -0.05) is 42.1 Å². The summed E-state index contributed by atoms with van der Waals surface area (Å²) >= 11 is 1.26. The zero-order chi connectivity index (χ0) is 17.5.